The number of aromatic nitrogens is 1. The predicted molar refractivity (Wildman–Crippen MR) is 254 cm³/mol. The van der Waals surface area contributed by atoms with E-state index in [1.165, 1.54) is 21.9 Å². The summed E-state index contributed by atoms with van der Waals surface area (Å²) in [5.41, 5.74) is 11.2. The fraction of sp³-hybridized carbons (Fsp3) is 0. The third-order valence-electron chi connectivity index (χ3n) is 11.5. The summed E-state index contributed by atoms with van der Waals surface area (Å²) in [5.74, 6) is 0.513. The van der Waals surface area contributed by atoms with Crippen molar-refractivity contribution in [1.82, 2.24) is 4.57 Å². The average molecular weight is 768 g/mol. The Bertz CT molecular complexity index is 3580. The first-order valence-electron chi connectivity index (χ1n) is 20.1. The summed E-state index contributed by atoms with van der Waals surface area (Å²) in [4.78, 5) is 10.3. The van der Waals surface area contributed by atoms with Crippen molar-refractivity contribution in [3.8, 4) is 16.8 Å². The highest BCUT2D eigenvalue weighted by atomic mass is 16.3. The van der Waals surface area contributed by atoms with Crippen LogP contribution in [0, 0.1) is 0 Å². The van der Waals surface area contributed by atoms with E-state index < -0.39 is 0 Å². The van der Waals surface area contributed by atoms with Crippen molar-refractivity contribution in [2.45, 2.75) is 0 Å². The van der Waals surface area contributed by atoms with Gasteiger partial charge in [0.05, 0.1) is 22.4 Å². The lowest BCUT2D eigenvalue weighted by molar-refractivity contribution is 0.668. The molecule has 11 aromatic rings. The number of hydrogen-bond acceptors (Lipinski definition) is 2. The van der Waals surface area contributed by atoms with Crippen LogP contribution in [0.4, 0.5) is 0 Å². The van der Waals surface area contributed by atoms with Crippen molar-refractivity contribution in [1.29, 1.82) is 0 Å². The Balaban J connectivity index is 1.04. The molecule has 0 saturated carbocycles. The van der Waals surface area contributed by atoms with Crippen molar-refractivity contribution in [2.75, 3.05) is 0 Å². The zero-order valence-electron chi connectivity index (χ0n) is 32.7. The molecule has 0 unspecified atom stereocenters. The Labute approximate surface area is 347 Å². The summed E-state index contributed by atoms with van der Waals surface area (Å²) in [6, 6.07) is 67.9. The van der Waals surface area contributed by atoms with Crippen molar-refractivity contribution in [2.24, 2.45) is 9.98 Å². The van der Waals surface area contributed by atoms with Gasteiger partial charge in [0.2, 0.25) is 0 Å². The van der Waals surface area contributed by atoms with Crippen LogP contribution in [0.15, 0.2) is 228 Å². The van der Waals surface area contributed by atoms with Gasteiger partial charge in [0.25, 0.3) is 0 Å². The molecule has 0 aliphatic carbocycles. The molecule has 0 bridgehead atoms. The van der Waals surface area contributed by atoms with E-state index in [2.05, 4.69) is 188 Å². The van der Waals surface area contributed by atoms with Gasteiger partial charge in [-0.15, -0.1) is 0 Å². The molecule has 4 heteroatoms. The number of fused-ring (bicyclic) bond motifs is 8. The van der Waals surface area contributed by atoms with E-state index in [-0.39, 0.29) is 0 Å². The van der Waals surface area contributed by atoms with E-state index in [0.717, 1.165) is 76.9 Å². The van der Waals surface area contributed by atoms with Gasteiger partial charge in [0.15, 0.2) is 5.84 Å². The van der Waals surface area contributed by atoms with Crippen LogP contribution in [-0.4, -0.2) is 16.1 Å². The smallest absolute Gasteiger partial charge is 0.160 e. The van der Waals surface area contributed by atoms with E-state index in [4.69, 9.17) is 14.4 Å². The molecule has 11 rings (SSSR count). The molecule has 0 saturated heterocycles. The highest BCUT2D eigenvalue weighted by Crippen LogP contribution is 2.37. The van der Waals surface area contributed by atoms with Crippen LogP contribution in [-0.2, 0) is 0 Å². The monoisotopic (exact) mass is 767 g/mol. The fourth-order valence-corrected chi connectivity index (χ4v) is 8.51. The molecule has 282 valence electrons. The number of amidine groups is 1. The van der Waals surface area contributed by atoms with E-state index in [9.17, 15) is 0 Å². The number of allylic oxidation sites excluding steroid dienone is 1. The molecule has 9 aromatic carbocycles. The summed E-state index contributed by atoms with van der Waals surface area (Å²) >= 11 is 0. The maximum Gasteiger partial charge on any atom is 0.160 e. The van der Waals surface area contributed by atoms with Crippen molar-refractivity contribution in [3.63, 3.8) is 0 Å². The third-order valence-corrected chi connectivity index (χ3v) is 11.5. The number of furan rings is 1. The molecule has 0 N–H and O–H groups in total. The Hall–Kier alpha value is -8.08. The normalized spacial score (nSPS) is 12.3. The first-order valence-corrected chi connectivity index (χ1v) is 20.1. The molecule has 0 aliphatic rings. The molecule has 0 atom stereocenters. The quantitative estimate of drug-likeness (QED) is 0.118. The molecule has 0 fully saturated rings. The summed E-state index contributed by atoms with van der Waals surface area (Å²) < 4.78 is 9.09. The predicted octanol–water partition coefficient (Wildman–Crippen LogP) is 14.7. The molecule has 4 nitrogen and oxygen atoms in total. The van der Waals surface area contributed by atoms with E-state index >= 15 is 0 Å². The molecular formula is C56H37N3O. The Morgan fingerprint density at radius 2 is 1.05 bits per heavy atom. The van der Waals surface area contributed by atoms with Gasteiger partial charge in [-0.05, 0) is 87.3 Å². The maximum atomic E-state index is 6.74. The van der Waals surface area contributed by atoms with Gasteiger partial charge < -0.3 is 8.98 Å². The lowest BCUT2D eigenvalue weighted by Crippen LogP contribution is -2.05. The Kier molecular flexibility index (Phi) is 8.42. The first-order chi connectivity index (χ1) is 29.6. The summed E-state index contributed by atoms with van der Waals surface area (Å²) in [7, 11) is 0. The number of rotatable bonds is 7. The Morgan fingerprint density at radius 1 is 0.450 bits per heavy atom. The van der Waals surface area contributed by atoms with Crippen LogP contribution in [0.2, 0.25) is 0 Å². The zero-order chi connectivity index (χ0) is 40.2. The van der Waals surface area contributed by atoms with E-state index in [1.807, 2.05) is 24.3 Å². The summed E-state index contributed by atoms with van der Waals surface area (Å²) in [6.45, 7) is 8.61. The van der Waals surface area contributed by atoms with Gasteiger partial charge in [-0.3, -0.25) is 0 Å². The van der Waals surface area contributed by atoms with Gasteiger partial charge >= 0.3 is 0 Å². The molecule has 2 heterocycles. The van der Waals surface area contributed by atoms with Crippen LogP contribution in [0.1, 0.15) is 16.7 Å². The first kappa shape index (κ1) is 35.1. The maximum absolute atomic E-state index is 6.74. The van der Waals surface area contributed by atoms with Crippen LogP contribution in [0.3, 0.4) is 0 Å². The number of benzene rings is 9. The largest absolute Gasteiger partial charge is 0.456 e. The van der Waals surface area contributed by atoms with Gasteiger partial charge in [-0.25, -0.2) is 9.98 Å². The van der Waals surface area contributed by atoms with E-state index in [1.54, 1.807) is 6.08 Å². The van der Waals surface area contributed by atoms with Gasteiger partial charge in [0.1, 0.15) is 11.2 Å². The van der Waals surface area contributed by atoms with E-state index in [0.29, 0.717) is 17.2 Å². The molecule has 2 aromatic heterocycles. The molecule has 0 aliphatic heterocycles. The van der Waals surface area contributed by atoms with Crippen LogP contribution < -0.4 is 0 Å². The standard InChI is InChI=1S/C56H37N3O/c1-3-51(44-24-22-39-16-8-10-18-42(39)32-44)58-56(57-36(2)40-23-21-38-15-7-9-17-41(38)31-40)45-26-29-49-50-30-27-46(35-55(50)60-54(49)34-45)59-52-20-12-11-19-47(52)48-28-25-43(33-53(48)59)37-13-5-4-6-14-37/h3-35H,1-2H2. The molecule has 0 spiro atoms. The topological polar surface area (TPSA) is 42.8 Å². The lowest BCUT2D eigenvalue weighted by Gasteiger charge is -2.09. The fourth-order valence-electron chi connectivity index (χ4n) is 8.51. The average Bonchev–Trinajstić information content (AvgIpc) is 3.84. The molecular weight excluding hydrogens is 731 g/mol. The molecule has 0 amide bonds. The van der Waals surface area contributed by atoms with Crippen LogP contribution >= 0.6 is 0 Å². The molecule has 60 heavy (non-hydrogen) atoms. The van der Waals surface area contributed by atoms with Gasteiger partial charge in [0, 0.05) is 50.0 Å². The SMILES string of the molecule is C=CC(=NC(=NC(=C)c1ccc2ccccc2c1)c1ccc2c(c1)oc1cc(-n3c4ccccc4c4ccc(-c5ccccc5)cc43)ccc12)c1ccc2ccccc2c1. The number of para-hydroxylation sites is 1. The second-order valence-corrected chi connectivity index (χ2v) is 15.2. The van der Waals surface area contributed by atoms with Gasteiger partial charge in [-0.2, -0.15) is 0 Å². The second-order valence-electron chi connectivity index (χ2n) is 15.2. The summed E-state index contributed by atoms with van der Waals surface area (Å²) in [6.07, 6.45) is 1.79. The minimum Gasteiger partial charge on any atom is -0.456 e. The number of hydrogen-bond donors (Lipinski definition) is 0. The van der Waals surface area contributed by atoms with Gasteiger partial charge in [-0.1, -0.05) is 153 Å². The van der Waals surface area contributed by atoms with Crippen molar-refractivity contribution in [3.05, 3.63) is 230 Å². The lowest BCUT2D eigenvalue weighted by atomic mass is 10.0. The van der Waals surface area contributed by atoms with Crippen LogP contribution in [0.5, 0.6) is 0 Å². The highest BCUT2D eigenvalue weighted by molar-refractivity contribution is 6.19. The summed E-state index contributed by atoms with van der Waals surface area (Å²) in [5, 5.41) is 9.05. The van der Waals surface area contributed by atoms with Crippen molar-refractivity contribution >= 4 is 82.5 Å². The third kappa shape index (κ3) is 6.10. The minimum absolute atomic E-state index is 0.513. The number of aliphatic imine (C=N–C) groups is 2. The highest BCUT2D eigenvalue weighted by Gasteiger charge is 2.17. The Morgan fingerprint density at radius 3 is 1.82 bits per heavy atom. The minimum atomic E-state index is 0.513. The zero-order valence-corrected chi connectivity index (χ0v) is 32.7. The van der Waals surface area contributed by atoms with Crippen LogP contribution in [0.25, 0.3) is 87.8 Å². The molecule has 0 radical (unpaired) electrons. The van der Waals surface area contributed by atoms with Crippen molar-refractivity contribution < 1.29 is 4.42 Å². The number of nitrogens with zero attached hydrogens (tertiary/aromatic N) is 3. The second kappa shape index (κ2) is 14.4.